The molecule has 0 radical (unpaired) electrons. The van der Waals surface area contributed by atoms with Gasteiger partial charge in [-0.25, -0.2) is 13.6 Å². The fourth-order valence-electron chi connectivity index (χ4n) is 1.20. The highest BCUT2D eigenvalue weighted by molar-refractivity contribution is 6.18. The molecule has 0 bridgehead atoms. The molecule has 0 unspecified atom stereocenters. The maximum atomic E-state index is 12.5. The number of pyridine rings is 1. The van der Waals surface area contributed by atoms with E-state index in [1.165, 1.54) is 0 Å². The molecule has 88 valence electrons. The second-order valence-electron chi connectivity index (χ2n) is 2.88. The van der Waals surface area contributed by atoms with Gasteiger partial charge < -0.3 is 10.5 Å². The van der Waals surface area contributed by atoms with E-state index in [0.717, 1.165) is 13.3 Å². The van der Waals surface area contributed by atoms with Gasteiger partial charge >= 0.3 is 5.97 Å². The number of hydrogen-bond donors (Lipinski definition) is 1. The van der Waals surface area contributed by atoms with Crippen molar-refractivity contribution in [2.24, 2.45) is 0 Å². The van der Waals surface area contributed by atoms with Gasteiger partial charge in [-0.3, -0.25) is 4.98 Å². The van der Waals surface area contributed by atoms with Crippen LogP contribution >= 0.6 is 11.6 Å². The number of esters is 1. The number of hydrogen-bond acceptors (Lipinski definition) is 4. The van der Waals surface area contributed by atoms with Crippen molar-refractivity contribution in [2.75, 3.05) is 12.8 Å². The third kappa shape index (κ3) is 2.21. The van der Waals surface area contributed by atoms with Gasteiger partial charge in [-0.2, -0.15) is 0 Å². The zero-order chi connectivity index (χ0) is 12.3. The highest BCUT2D eigenvalue weighted by Gasteiger charge is 2.23. The summed E-state index contributed by atoms with van der Waals surface area (Å²) in [5.74, 6) is -0.872. The molecule has 1 rings (SSSR count). The van der Waals surface area contributed by atoms with Gasteiger partial charge in [0.2, 0.25) is 0 Å². The molecule has 0 fully saturated rings. The molecular weight excluding hydrogens is 242 g/mol. The minimum Gasteiger partial charge on any atom is -0.465 e. The Hall–Kier alpha value is -1.43. The number of carbonyl (C=O) groups is 1. The maximum Gasteiger partial charge on any atom is 0.340 e. The number of ether oxygens (including phenoxy) is 1. The van der Waals surface area contributed by atoms with Gasteiger partial charge in [0.25, 0.3) is 6.43 Å². The smallest absolute Gasteiger partial charge is 0.340 e. The van der Waals surface area contributed by atoms with E-state index in [9.17, 15) is 13.6 Å². The Kier molecular flexibility index (Phi) is 4.00. The Bertz CT molecular complexity index is 413. The van der Waals surface area contributed by atoms with Crippen molar-refractivity contribution in [3.63, 3.8) is 0 Å². The van der Waals surface area contributed by atoms with Gasteiger partial charge in [0.1, 0.15) is 5.69 Å². The summed E-state index contributed by atoms with van der Waals surface area (Å²) < 4.78 is 29.4. The van der Waals surface area contributed by atoms with Crippen molar-refractivity contribution in [2.45, 2.75) is 12.3 Å². The summed E-state index contributed by atoms with van der Waals surface area (Å²) in [7, 11) is 1.13. The number of rotatable bonds is 3. The Morgan fingerprint density at radius 2 is 2.31 bits per heavy atom. The Labute approximate surface area is 95.4 Å². The van der Waals surface area contributed by atoms with Gasteiger partial charge in [-0.15, -0.1) is 11.6 Å². The first-order valence-electron chi connectivity index (χ1n) is 4.22. The normalized spacial score (nSPS) is 10.6. The fourth-order valence-corrected chi connectivity index (χ4v) is 1.40. The number of nitrogens with zero attached hydrogens (tertiary/aromatic N) is 1. The second kappa shape index (κ2) is 5.07. The Morgan fingerprint density at radius 1 is 1.69 bits per heavy atom. The highest BCUT2D eigenvalue weighted by atomic mass is 35.5. The minimum atomic E-state index is -2.85. The van der Waals surface area contributed by atoms with E-state index in [-0.39, 0.29) is 22.7 Å². The number of anilines is 1. The van der Waals surface area contributed by atoms with E-state index in [4.69, 9.17) is 17.3 Å². The quantitative estimate of drug-likeness (QED) is 0.659. The first-order chi connectivity index (χ1) is 7.52. The van der Waals surface area contributed by atoms with Crippen LogP contribution in [0.1, 0.15) is 28.0 Å². The van der Waals surface area contributed by atoms with Crippen LogP contribution in [0.5, 0.6) is 0 Å². The van der Waals surface area contributed by atoms with Crippen LogP contribution in [0.15, 0.2) is 6.20 Å². The van der Waals surface area contributed by atoms with Crippen LogP contribution in [0.4, 0.5) is 14.5 Å². The number of aromatic nitrogens is 1. The average molecular weight is 251 g/mol. The Morgan fingerprint density at radius 3 is 2.75 bits per heavy atom. The van der Waals surface area contributed by atoms with E-state index in [1.807, 2.05) is 0 Å². The van der Waals surface area contributed by atoms with Crippen molar-refractivity contribution in [3.8, 4) is 0 Å². The van der Waals surface area contributed by atoms with E-state index in [2.05, 4.69) is 9.72 Å². The van der Waals surface area contributed by atoms with Gasteiger partial charge in [0, 0.05) is 17.6 Å². The van der Waals surface area contributed by atoms with E-state index >= 15 is 0 Å². The first-order valence-corrected chi connectivity index (χ1v) is 4.76. The average Bonchev–Trinajstić information content (AvgIpc) is 2.26. The van der Waals surface area contributed by atoms with Crippen molar-refractivity contribution < 1.29 is 18.3 Å². The van der Waals surface area contributed by atoms with Gasteiger partial charge in [-0.05, 0) is 0 Å². The number of halogens is 3. The number of alkyl halides is 3. The van der Waals surface area contributed by atoms with Crippen molar-refractivity contribution in [3.05, 3.63) is 23.0 Å². The molecule has 4 nitrogen and oxygen atoms in total. The SMILES string of the molecule is COC(=O)c1c(CCl)cnc(C(F)F)c1N. The van der Waals surface area contributed by atoms with Crippen LogP contribution in [-0.4, -0.2) is 18.1 Å². The maximum absolute atomic E-state index is 12.5. The predicted molar refractivity (Wildman–Crippen MR) is 54.5 cm³/mol. The van der Waals surface area contributed by atoms with Crippen molar-refractivity contribution in [1.29, 1.82) is 0 Å². The predicted octanol–water partition coefficient (Wildman–Crippen LogP) is 2.13. The fraction of sp³-hybridized carbons (Fsp3) is 0.333. The van der Waals surface area contributed by atoms with Crippen LogP contribution in [0, 0.1) is 0 Å². The molecule has 1 heterocycles. The lowest BCUT2D eigenvalue weighted by atomic mass is 10.1. The number of nitrogens with two attached hydrogens (primary N) is 1. The molecule has 0 saturated heterocycles. The summed E-state index contributed by atoms with van der Waals surface area (Å²) in [6, 6.07) is 0. The van der Waals surface area contributed by atoms with E-state index < -0.39 is 18.1 Å². The van der Waals surface area contributed by atoms with E-state index in [0.29, 0.717) is 0 Å². The molecular formula is C9H9ClF2N2O2. The third-order valence-electron chi connectivity index (χ3n) is 1.97. The van der Waals surface area contributed by atoms with Crippen LogP contribution in [0.2, 0.25) is 0 Å². The molecule has 2 N–H and O–H groups in total. The summed E-state index contributed by atoms with van der Waals surface area (Å²) in [6.07, 6.45) is -1.76. The summed E-state index contributed by atoms with van der Waals surface area (Å²) >= 11 is 5.55. The molecule has 0 saturated carbocycles. The van der Waals surface area contributed by atoms with Gasteiger partial charge in [0.15, 0.2) is 0 Å². The highest BCUT2D eigenvalue weighted by Crippen LogP contribution is 2.28. The van der Waals surface area contributed by atoms with Crippen LogP contribution in [0.3, 0.4) is 0 Å². The summed E-state index contributed by atoms with van der Waals surface area (Å²) in [5, 5.41) is 0. The van der Waals surface area contributed by atoms with Crippen LogP contribution in [-0.2, 0) is 10.6 Å². The van der Waals surface area contributed by atoms with Crippen LogP contribution in [0.25, 0.3) is 0 Å². The molecule has 0 spiro atoms. The summed E-state index contributed by atoms with van der Waals surface area (Å²) in [5.41, 5.74) is 4.51. The second-order valence-corrected chi connectivity index (χ2v) is 3.15. The topological polar surface area (TPSA) is 65.2 Å². The molecule has 7 heteroatoms. The molecule has 16 heavy (non-hydrogen) atoms. The standard InChI is InChI=1S/C9H9ClF2N2O2/c1-16-9(15)5-4(2-10)3-14-7(6(5)13)8(11)12/h3,8H,2,13H2,1H3. The molecule has 0 aromatic carbocycles. The largest absolute Gasteiger partial charge is 0.465 e. The summed E-state index contributed by atoms with van der Waals surface area (Å²) in [6.45, 7) is 0. The lowest BCUT2D eigenvalue weighted by Gasteiger charge is -2.11. The molecule has 0 aliphatic heterocycles. The molecule has 0 aliphatic carbocycles. The van der Waals surface area contributed by atoms with E-state index in [1.54, 1.807) is 0 Å². The summed E-state index contributed by atoms with van der Waals surface area (Å²) in [4.78, 5) is 14.8. The first kappa shape index (κ1) is 12.6. The molecule has 1 aromatic rings. The number of methoxy groups -OCH3 is 1. The monoisotopic (exact) mass is 250 g/mol. The lowest BCUT2D eigenvalue weighted by Crippen LogP contribution is -2.12. The molecule has 0 aliphatic rings. The zero-order valence-corrected chi connectivity index (χ0v) is 9.09. The minimum absolute atomic E-state index is 0.0643. The Balaban J connectivity index is 3.40. The van der Waals surface area contributed by atoms with Gasteiger partial charge in [0.05, 0.1) is 18.4 Å². The number of nitrogen functional groups attached to an aromatic ring is 1. The molecule has 1 aromatic heterocycles. The van der Waals surface area contributed by atoms with Crippen LogP contribution < -0.4 is 5.73 Å². The zero-order valence-electron chi connectivity index (χ0n) is 8.34. The third-order valence-corrected chi connectivity index (χ3v) is 2.25. The van der Waals surface area contributed by atoms with Crippen molar-refractivity contribution >= 4 is 23.3 Å². The number of carbonyl (C=O) groups excluding carboxylic acids is 1. The molecule has 0 amide bonds. The lowest BCUT2D eigenvalue weighted by molar-refractivity contribution is 0.0600. The van der Waals surface area contributed by atoms with Gasteiger partial charge in [-0.1, -0.05) is 0 Å². The molecule has 0 atom stereocenters. The van der Waals surface area contributed by atoms with Crippen molar-refractivity contribution in [1.82, 2.24) is 4.98 Å².